The van der Waals surface area contributed by atoms with Gasteiger partial charge in [-0.1, -0.05) is 24.3 Å². The lowest BCUT2D eigenvalue weighted by Crippen LogP contribution is -2.20. The van der Waals surface area contributed by atoms with E-state index in [0.717, 1.165) is 30.0 Å². The van der Waals surface area contributed by atoms with Gasteiger partial charge in [-0.05, 0) is 48.9 Å². The Balaban J connectivity index is 2.03. The van der Waals surface area contributed by atoms with Gasteiger partial charge in [0.1, 0.15) is 11.6 Å². The highest BCUT2D eigenvalue weighted by atomic mass is 19.1. The Morgan fingerprint density at radius 2 is 1.90 bits per heavy atom. The zero-order valence-corrected chi connectivity index (χ0v) is 11.8. The predicted octanol–water partition coefficient (Wildman–Crippen LogP) is 4.58. The van der Waals surface area contributed by atoms with E-state index in [2.05, 4.69) is 0 Å². The number of carbonyl (C=O) groups excluding carboxylic acids is 1. The Morgan fingerprint density at radius 3 is 2.71 bits per heavy atom. The summed E-state index contributed by atoms with van der Waals surface area (Å²) in [6.45, 7) is 1.54. The van der Waals surface area contributed by atoms with Crippen LogP contribution in [0, 0.1) is 18.6 Å². The Bertz CT molecular complexity index is 706. The van der Waals surface area contributed by atoms with Gasteiger partial charge in [0, 0.05) is 12.0 Å². The van der Waals surface area contributed by atoms with Crippen molar-refractivity contribution in [1.29, 1.82) is 0 Å². The number of hydrogen-bond acceptors (Lipinski definition) is 1. The lowest BCUT2D eigenvalue weighted by atomic mass is 9.78. The number of ketones is 1. The fourth-order valence-corrected chi connectivity index (χ4v) is 3.06. The van der Waals surface area contributed by atoms with Crippen LogP contribution >= 0.6 is 0 Å². The molecule has 1 atom stereocenters. The number of Topliss-reactive ketones (excluding diaryl/α,β-unsaturated/α-hetero) is 1. The van der Waals surface area contributed by atoms with Crippen LogP contribution in [0.2, 0.25) is 0 Å². The van der Waals surface area contributed by atoms with Crippen LogP contribution in [0.25, 0.3) is 0 Å². The number of fused-ring (bicyclic) bond motifs is 1. The molecule has 0 N–H and O–H groups in total. The van der Waals surface area contributed by atoms with E-state index in [0.29, 0.717) is 12.0 Å². The smallest absolute Gasteiger partial charge is 0.173 e. The van der Waals surface area contributed by atoms with Gasteiger partial charge in [-0.25, -0.2) is 8.78 Å². The summed E-state index contributed by atoms with van der Waals surface area (Å²) in [6.07, 6.45) is 2.58. The average Bonchev–Trinajstić information content (AvgIpc) is 2.49. The summed E-state index contributed by atoms with van der Waals surface area (Å²) in [5.74, 6) is -1.96. The maximum absolute atomic E-state index is 14.0. The number of benzene rings is 2. The minimum atomic E-state index is -0.772. The molecule has 0 saturated carbocycles. The Labute approximate surface area is 122 Å². The second-order valence-corrected chi connectivity index (χ2v) is 5.59. The Hall–Kier alpha value is -2.03. The van der Waals surface area contributed by atoms with E-state index in [9.17, 15) is 13.6 Å². The predicted molar refractivity (Wildman–Crippen MR) is 77.5 cm³/mol. The van der Waals surface area contributed by atoms with Gasteiger partial charge in [-0.2, -0.15) is 0 Å². The molecule has 1 aliphatic rings. The van der Waals surface area contributed by atoms with E-state index in [-0.39, 0.29) is 17.3 Å². The fraction of sp³-hybridized carbons (Fsp3) is 0.278. The maximum Gasteiger partial charge on any atom is 0.173 e. The highest BCUT2D eigenvalue weighted by Crippen LogP contribution is 2.34. The van der Waals surface area contributed by atoms with Crippen molar-refractivity contribution in [1.82, 2.24) is 0 Å². The second-order valence-electron chi connectivity index (χ2n) is 5.59. The monoisotopic (exact) mass is 286 g/mol. The van der Waals surface area contributed by atoms with E-state index in [4.69, 9.17) is 0 Å². The van der Waals surface area contributed by atoms with E-state index in [1.807, 2.05) is 24.3 Å². The molecule has 0 bridgehead atoms. The molecule has 1 aliphatic carbocycles. The molecule has 108 valence electrons. The summed E-state index contributed by atoms with van der Waals surface area (Å²) in [4.78, 5) is 12.7. The SMILES string of the molecule is Cc1cc(C(=O)C2CCCc3ccccc32)c(F)cc1F. The van der Waals surface area contributed by atoms with Crippen LogP contribution in [0.4, 0.5) is 8.78 Å². The Kier molecular flexibility index (Phi) is 3.58. The minimum absolute atomic E-state index is 0.00407. The molecular formula is C18H16F2O. The van der Waals surface area contributed by atoms with Gasteiger partial charge in [-0.3, -0.25) is 4.79 Å². The molecule has 0 saturated heterocycles. The average molecular weight is 286 g/mol. The second kappa shape index (κ2) is 5.40. The fourth-order valence-electron chi connectivity index (χ4n) is 3.06. The summed E-state index contributed by atoms with van der Waals surface area (Å²) in [6, 6.07) is 9.93. The van der Waals surface area contributed by atoms with Crippen molar-refractivity contribution in [2.75, 3.05) is 0 Å². The van der Waals surface area contributed by atoms with Crippen molar-refractivity contribution < 1.29 is 13.6 Å². The summed E-state index contributed by atoms with van der Waals surface area (Å²) in [5, 5.41) is 0. The molecule has 21 heavy (non-hydrogen) atoms. The summed E-state index contributed by atoms with van der Waals surface area (Å²) in [5.41, 5.74) is 2.43. The van der Waals surface area contributed by atoms with Crippen molar-refractivity contribution >= 4 is 5.78 Å². The van der Waals surface area contributed by atoms with Crippen molar-refractivity contribution in [2.24, 2.45) is 0 Å². The molecule has 0 aromatic heterocycles. The van der Waals surface area contributed by atoms with Crippen LogP contribution < -0.4 is 0 Å². The Morgan fingerprint density at radius 1 is 1.14 bits per heavy atom. The van der Waals surface area contributed by atoms with Crippen LogP contribution in [0.15, 0.2) is 36.4 Å². The third-order valence-electron chi connectivity index (χ3n) is 4.20. The van der Waals surface area contributed by atoms with Gasteiger partial charge in [0.25, 0.3) is 0 Å². The van der Waals surface area contributed by atoms with Gasteiger partial charge >= 0.3 is 0 Å². The molecule has 0 amide bonds. The first-order valence-electron chi connectivity index (χ1n) is 7.15. The molecule has 0 fully saturated rings. The molecule has 0 spiro atoms. The summed E-state index contributed by atoms with van der Waals surface area (Å²) < 4.78 is 27.3. The topological polar surface area (TPSA) is 17.1 Å². The van der Waals surface area contributed by atoms with Crippen molar-refractivity contribution in [3.63, 3.8) is 0 Å². The van der Waals surface area contributed by atoms with Crippen LogP contribution in [-0.2, 0) is 6.42 Å². The molecule has 3 rings (SSSR count). The lowest BCUT2D eigenvalue weighted by Gasteiger charge is -2.24. The highest BCUT2D eigenvalue weighted by molar-refractivity contribution is 6.01. The number of hydrogen-bond donors (Lipinski definition) is 0. The molecule has 2 aromatic carbocycles. The molecule has 2 aromatic rings. The van der Waals surface area contributed by atoms with Crippen LogP contribution in [0.3, 0.4) is 0 Å². The first-order chi connectivity index (χ1) is 10.1. The first kappa shape index (κ1) is 13.9. The van der Waals surface area contributed by atoms with Crippen molar-refractivity contribution in [2.45, 2.75) is 32.1 Å². The molecule has 0 heterocycles. The maximum atomic E-state index is 14.0. The quantitative estimate of drug-likeness (QED) is 0.739. The largest absolute Gasteiger partial charge is 0.293 e. The zero-order chi connectivity index (χ0) is 15.0. The van der Waals surface area contributed by atoms with E-state index in [1.54, 1.807) is 6.92 Å². The number of carbonyl (C=O) groups is 1. The van der Waals surface area contributed by atoms with E-state index < -0.39 is 11.6 Å². The highest BCUT2D eigenvalue weighted by Gasteiger charge is 2.29. The van der Waals surface area contributed by atoms with Gasteiger partial charge in [0.2, 0.25) is 0 Å². The van der Waals surface area contributed by atoms with Crippen LogP contribution in [0.5, 0.6) is 0 Å². The van der Waals surface area contributed by atoms with Gasteiger partial charge < -0.3 is 0 Å². The van der Waals surface area contributed by atoms with E-state index >= 15 is 0 Å². The third-order valence-corrected chi connectivity index (χ3v) is 4.20. The minimum Gasteiger partial charge on any atom is -0.293 e. The summed E-state index contributed by atoms with van der Waals surface area (Å²) >= 11 is 0. The standard InChI is InChI=1S/C18H16F2O/c1-11-9-15(17(20)10-16(11)19)18(21)14-8-4-6-12-5-2-3-7-13(12)14/h2-3,5,7,9-10,14H,4,6,8H2,1H3. The number of rotatable bonds is 2. The number of halogens is 2. The van der Waals surface area contributed by atoms with Crippen molar-refractivity contribution in [3.05, 3.63) is 70.3 Å². The molecule has 1 nitrogen and oxygen atoms in total. The van der Waals surface area contributed by atoms with Gasteiger partial charge in [-0.15, -0.1) is 0 Å². The van der Waals surface area contributed by atoms with Crippen molar-refractivity contribution in [3.8, 4) is 0 Å². The first-order valence-corrected chi connectivity index (χ1v) is 7.15. The molecule has 0 radical (unpaired) electrons. The third kappa shape index (κ3) is 2.48. The normalized spacial score (nSPS) is 17.4. The van der Waals surface area contributed by atoms with Gasteiger partial charge in [0.05, 0.1) is 5.56 Å². The van der Waals surface area contributed by atoms with Gasteiger partial charge in [0.15, 0.2) is 5.78 Å². The lowest BCUT2D eigenvalue weighted by molar-refractivity contribution is 0.0946. The molecular weight excluding hydrogens is 270 g/mol. The van der Waals surface area contributed by atoms with Crippen LogP contribution in [0.1, 0.15) is 45.8 Å². The number of aryl methyl sites for hydroxylation is 2. The van der Waals surface area contributed by atoms with Crippen LogP contribution in [-0.4, -0.2) is 5.78 Å². The van der Waals surface area contributed by atoms with E-state index in [1.165, 1.54) is 6.07 Å². The summed E-state index contributed by atoms with van der Waals surface area (Å²) in [7, 11) is 0. The molecule has 0 aliphatic heterocycles. The zero-order valence-electron chi connectivity index (χ0n) is 11.8. The molecule has 3 heteroatoms. The molecule has 1 unspecified atom stereocenters.